The van der Waals surface area contributed by atoms with Gasteiger partial charge in [0.05, 0.1) is 11.4 Å². The van der Waals surface area contributed by atoms with Crippen molar-refractivity contribution in [2.75, 3.05) is 12.8 Å². The van der Waals surface area contributed by atoms with E-state index in [-0.39, 0.29) is 17.5 Å². The molecule has 0 saturated heterocycles. The van der Waals surface area contributed by atoms with Gasteiger partial charge in [-0.3, -0.25) is 4.79 Å². The maximum Gasteiger partial charge on any atom is 0.233 e. The van der Waals surface area contributed by atoms with E-state index in [1.54, 1.807) is 24.1 Å². The van der Waals surface area contributed by atoms with Gasteiger partial charge in [0.15, 0.2) is 5.16 Å². The lowest BCUT2D eigenvalue weighted by Gasteiger charge is -2.17. The summed E-state index contributed by atoms with van der Waals surface area (Å²) < 4.78 is 13.3. The number of carbonyl (C=O) groups is 1. The Bertz CT molecular complexity index is 934. The number of hydrogen-bond acceptors (Lipinski definition) is 4. The first-order valence-corrected chi connectivity index (χ1v) is 9.52. The third-order valence-corrected chi connectivity index (χ3v) is 4.79. The van der Waals surface area contributed by atoms with Gasteiger partial charge in [-0.2, -0.15) is 0 Å². The Labute approximate surface area is 162 Å². The predicted molar refractivity (Wildman–Crippen MR) is 106 cm³/mol. The van der Waals surface area contributed by atoms with Gasteiger partial charge in [-0.05, 0) is 30.7 Å². The molecule has 0 aliphatic rings. The second kappa shape index (κ2) is 8.77. The number of amides is 1. The van der Waals surface area contributed by atoms with Crippen LogP contribution in [-0.2, 0) is 11.3 Å². The maximum absolute atomic E-state index is 13.3. The van der Waals surface area contributed by atoms with E-state index in [0.29, 0.717) is 11.7 Å². The van der Waals surface area contributed by atoms with Crippen LogP contribution in [0, 0.1) is 12.7 Å². The van der Waals surface area contributed by atoms with Crippen molar-refractivity contribution in [3.8, 4) is 11.3 Å². The SMILES string of the molecule is Cc1cc(-c2ccccc2)nc(SCC(=O)N(C)Cc2cccc(F)c2)n1. The van der Waals surface area contributed by atoms with Crippen LogP contribution in [0.3, 0.4) is 0 Å². The van der Waals surface area contributed by atoms with Crippen molar-refractivity contribution in [2.45, 2.75) is 18.6 Å². The molecule has 0 atom stereocenters. The number of thioether (sulfide) groups is 1. The number of carbonyl (C=O) groups excluding carboxylic acids is 1. The topological polar surface area (TPSA) is 46.1 Å². The fourth-order valence-electron chi connectivity index (χ4n) is 2.60. The summed E-state index contributed by atoms with van der Waals surface area (Å²) in [7, 11) is 1.71. The highest BCUT2D eigenvalue weighted by Gasteiger charge is 2.12. The molecule has 4 nitrogen and oxygen atoms in total. The smallest absolute Gasteiger partial charge is 0.233 e. The number of hydrogen-bond donors (Lipinski definition) is 0. The zero-order valence-electron chi connectivity index (χ0n) is 15.2. The number of benzene rings is 2. The lowest BCUT2D eigenvalue weighted by Crippen LogP contribution is -2.27. The largest absolute Gasteiger partial charge is 0.341 e. The third kappa shape index (κ3) is 5.37. The molecule has 0 aliphatic heterocycles. The summed E-state index contributed by atoms with van der Waals surface area (Å²) in [5, 5.41) is 0.571. The summed E-state index contributed by atoms with van der Waals surface area (Å²) in [5.74, 6) is -0.135. The molecule has 3 rings (SSSR count). The standard InChI is InChI=1S/C21H20FN3OS/c1-15-11-19(17-8-4-3-5-9-17)24-21(23-15)27-14-20(26)25(2)13-16-7-6-10-18(22)12-16/h3-12H,13-14H2,1-2H3. The summed E-state index contributed by atoms with van der Waals surface area (Å²) in [5.41, 5.74) is 3.46. The van der Waals surface area contributed by atoms with Gasteiger partial charge in [-0.1, -0.05) is 54.2 Å². The average Bonchev–Trinajstić information content (AvgIpc) is 2.66. The Kier molecular flexibility index (Phi) is 6.19. The van der Waals surface area contributed by atoms with Crippen molar-refractivity contribution in [3.63, 3.8) is 0 Å². The molecule has 1 heterocycles. The molecule has 0 N–H and O–H groups in total. The van der Waals surface area contributed by atoms with Crippen LogP contribution < -0.4 is 0 Å². The van der Waals surface area contributed by atoms with E-state index < -0.39 is 0 Å². The number of aromatic nitrogens is 2. The Hall–Kier alpha value is -2.73. The molecular weight excluding hydrogens is 361 g/mol. The summed E-state index contributed by atoms with van der Waals surface area (Å²) in [4.78, 5) is 23.0. The van der Waals surface area contributed by atoms with Crippen molar-refractivity contribution in [3.05, 3.63) is 77.7 Å². The summed E-state index contributed by atoms with van der Waals surface area (Å²) in [6, 6.07) is 18.1. The molecule has 1 aromatic heterocycles. The molecule has 6 heteroatoms. The Morgan fingerprint density at radius 1 is 1.07 bits per heavy atom. The quantitative estimate of drug-likeness (QED) is 0.471. The van der Waals surface area contributed by atoms with Gasteiger partial charge in [0.2, 0.25) is 5.91 Å². The van der Waals surface area contributed by atoms with E-state index in [1.807, 2.05) is 43.3 Å². The Balaban J connectivity index is 1.64. The van der Waals surface area contributed by atoms with Gasteiger partial charge >= 0.3 is 0 Å². The minimum absolute atomic E-state index is 0.0596. The first-order chi connectivity index (χ1) is 13.0. The number of nitrogens with zero attached hydrogens (tertiary/aromatic N) is 3. The van der Waals surface area contributed by atoms with Crippen LogP contribution in [0.25, 0.3) is 11.3 Å². The highest BCUT2D eigenvalue weighted by atomic mass is 32.2. The van der Waals surface area contributed by atoms with Crippen LogP contribution in [0.15, 0.2) is 65.8 Å². The fraction of sp³-hybridized carbons (Fsp3) is 0.190. The van der Waals surface area contributed by atoms with E-state index in [1.165, 1.54) is 23.9 Å². The Morgan fingerprint density at radius 3 is 2.59 bits per heavy atom. The van der Waals surface area contributed by atoms with E-state index in [0.717, 1.165) is 22.5 Å². The minimum Gasteiger partial charge on any atom is -0.341 e. The monoisotopic (exact) mass is 381 g/mol. The van der Waals surface area contributed by atoms with Crippen molar-refractivity contribution in [1.29, 1.82) is 0 Å². The molecule has 0 aliphatic carbocycles. The summed E-state index contributed by atoms with van der Waals surface area (Å²) >= 11 is 1.31. The van der Waals surface area contributed by atoms with Crippen molar-refractivity contribution < 1.29 is 9.18 Å². The highest BCUT2D eigenvalue weighted by Crippen LogP contribution is 2.22. The number of rotatable bonds is 6. The molecule has 3 aromatic rings. The summed E-state index contributed by atoms with van der Waals surface area (Å²) in [6.45, 7) is 2.27. The number of halogens is 1. The molecule has 1 amide bonds. The Morgan fingerprint density at radius 2 is 1.85 bits per heavy atom. The first kappa shape index (κ1) is 19.0. The third-order valence-electron chi connectivity index (χ3n) is 3.96. The molecule has 2 aromatic carbocycles. The first-order valence-electron chi connectivity index (χ1n) is 8.53. The van der Waals surface area contributed by atoms with Gasteiger partial charge in [-0.25, -0.2) is 14.4 Å². The van der Waals surface area contributed by atoms with Gasteiger partial charge < -0.3 is 4.90 Å². The van der Waals surface area contributed by atoms with Crippen LogP contribution in [0.2, 0.25) is 0 Å². The van der Waals surface area contributed by atoms with Gasteiger partial charge in [0.1, 0.15) is 5.82 Å². The van der Waals surface area contributed by atoms with Crippen LogP contribution in [-0.4, -0.2) is 33.6 Å². The predicted octanol–water partition coefficient (Wildman–Crippen LogP) is 4.34. The van der Waals surface area contributed by atoms with Gasteiger partial charge in [0, 0.05) is 24.8 Å². The molecule has 0 unspecified atom stereocenters. The van der Waals surface area contributed by atoms with Crippen LogP contribution >= 0.6 is 11.8 Å². The lowest BCUT2D eigenvalue weighted by atomic mass is 10.1. The zero-order valence-corrected chi connectivity index (χ0v) is 16.0. The molecule has 0 spiro atoms. The second-order valence-electron chi connectivity index (χ2n) is 6.21. The molecule has 138 valence electrons. The molecule has 0 radical (unpaired) electrons. The van der Waals surface area contributed by atoms with Crippen molar-refractivity contribution in [2.24, 2.45) is 0 Å². The lowest BCUT2D eigenvalue weighted by molar-refractivity contribution is -0.127. The fourth-order valence-corrected chi connectivity index (χ4v) is 3.44. The van der Waals surface area contributed by atoms with E-state index in [4.69, 9.17) is 0 Å². The van der Waals surface area contributed by atoms with E-state index in [2.05, 4.69) is 9.97 Å². The number of aryl methyl sites for hydroxylation is 1. The highest BCUT2D eigenvalue weighted by molar-refractivity contribution is 7.99. The minimum atomic E-state index is -0.302. The maximum atomic E-state index is 13.3. The second-order valence-corrected chi connectivity index (χ2v) is 7.15. The molecule has 0 fully saturated rings. The van der Waals surface area contributed by atoms with Crippen LogP contribution in [0.5, 0.6) is 0 Å². The van der Waals surface area contributed by atoms with Gasteiger partial charge in [-0.15, -0.1) is 0 Å². The van der Waals surface area contributed by atoms with E-state index >= 15 is 0 Å². The van der Waals surface area contributed by atoms with Crippen molar-refractivity contribution in [1.82, 2.24) is 14.9 Å². The van der Waals surface area contributed by atoms with Crippen molar-refractivity contribution >= 4 is 17.7 Å². The average molecular weight is 381 g/mol. The zero-order chi connectivity index (χ0) is 19.2. The molecular formula is C21H20FN3OS. The van der Waals surface area contributed by atoms with Crippen LogP contribution in [0.1, 0.15) is 11.3 Å². The van der Waals surface area contributed by atoms with Gasteiger partial charge in [0.25, 0.3) is 0 Å². The normalized spacial score (nSPS) is 10.6. The molecule has 27 heavy (non-hydrogen) atoms. The molecule has 0 saturated carbocycles. The van der Waals surface area contributed by atoms with E-state index in [9.17, 15) is 9.18 Å². The van der Waals surface area contributed by atoms with Crippen LogP contribution in [0.4, 0.5) is 4.39 Å². The summed E-state index contributed by atoms with van der Waals surface area (Å²) in [6.07, 6.45) is 0. The molecule has 0 bridgehead atoms.